The highest BCUT2D eigenvalue weighted by Gasteiger charge is 2.22. The third-order valence-corrected chi connectivity index (χ3v) is 6.84. The molecule has 0 aromatic heterocycles. The molecule has 0 aromatic rings. The zero-order valence-corrected chi connectivity index (χ0v) is 9.25. The van der Waals surface area contributed by atoms with Crippen molar-refractivity contribution in [1.29, 1.82) is 0 Å². The zero-order valence-electron chi connectivity index (χ0n) is 6.52. The Kier molecular flexibility index (Phi) is 8.31. The van der Waals surface area contributed by atoms with Crippen molar-refractivity contribution < 1.29 is 0 Å². The van der Waals surface area contributed by atoms with Crippen LogP contribution in [-0.2, 0) is 0 Å². The molecule has 0 bridgehead atoms. The lowest BCUT2D eigenvalue weighted by molar-refractivity contribution is 0.962. The third-order valence-electron chi connectivity index (χ3n) is 1.27. The lowest BCUT2D eigenvalue weighted by atomic mass is 10.5. The van der Waals surface area contributed by atoms with Crippen molar-refractivity contribution in [2.24, 2.45) is 0 Å². The van der Waals surface area contributed by atoms with E-state index in [9.17, 15) is 0 Å². The number of rotatable bonds is 2. The largest absolute Gasteiger partial charge is 0.404 e. The van der Waals surface area contributed by atoms with Crippen LogP contribution in [0, 0.1) is 0 Å². The molecule has 0 spiro atoms. The summed E-state index contributed by atoms with van der Waals surface area (Å²) in [4.78, 5) is 0. The van der Waals surface area contributed by atoms with E-state index in [2.05, 4.69) is 27.7 Å². The van der Waals surface area contributed by atoms with E-state index >= 15 is 0 Å². The molecule has 0 aromatic carbocycles. The number of hydrogen-bond acceptors (Lipinski definition) is 0. The molecule has 3 heteroatoms. The standard InChI is InChI=1S/2C3H7.Al.2ClH/c2*1-3-2;;;/h2*3H,1-2H3;;2*1H/q;;+1;;/p-1. The predicted molar refractivity (Wildman–Crippen MR) is 49.1 cm³/mol. The normalized spacial score (nSPS) is 9.67. The van der Waals surface area contributed by atoms with Crippen LogP contribution in [0.3, 0.4) is 0 Å². The van der Waals surface area contributed by atoms with Crippen molar-refractivity contribution in [2.75, 3.05) is 0 Å². The van der Waals surface area contributed by atoms with E-state index in [1.165, 1.54) is 0 Å². The Morgan fingerprint density at radius 3 is 1.22 bits per heavy atom. The van der Waals surface area contributed by atoms with Crippen LogP contribution in [0.25, 0.3) is 0 Å². The fourth-order valence-electron chi connectivity index (χ4n) is 0.770. The highest BCUT2D eigenvalue weighted by molar-refractivity contribution is 7.08. The van der Waals surface area contributed by atoms with Crippen LogP contribution < -0.4 is 0 Å². The zero-order chi connectivity index (χ0) is 6.73. The van der Waals surface area contributed by atoms with E-state index in [1.807, 2.05) is 0 Å². The fourth-order valence-corrected chi connectivity index (χ4v) is 2.31. The molecule has 0 N–H and O–H groups in total. The average molecular weight is 185 g/mol. The Hall–Kier alpha value is 1.11. The van der Waals surface area contributed by atoms with Gasteiger partial charge in [-0.15, -0.1) is 12.4 Å². The summed E-state index contributed by atoms with van der Waals surface area (Å²) in [5, 5.41) is 0. The number of halogens is 2. The maximum absolute atomic E-state index is 6.09. The van der Waals surface area contributed by atoms with E-state index in [-0.39, 0.29) is 12.4 Å². The molecule has 0 nitrogen and oxygen atoms in total. The van der Waals surface area contributed by atoms with Crippen LogP contribution >= 0.6 is 22.5 Å². The molecule has 0 unspecified atom stereocenters. The SMILES string of the molecule is C[CH](C)[Al]([Cl])[CH](C)C.Cl. The minimum Gasteiger partial charge on any atom is -0.260 e. The first-order valence-electron chi connectivity index (χ1n) is 3.19. The second-order valence-corrected chi connectivity index (χ2v) is 8.00. The monoisotopic (exact) mass is 184 g/mol. The molecule has 56 valence electrons. The predicted octanol–water partition coefficient (Wildman–Crippen LogP) is 3.46. The van der Waals surface area contributed by atoms with Gasteiger partial charge in [0, 0.05) is 0 Å². The summed E-state index contributed by atoms with van der Waals surface area (Å²) < 4.78 is 1.49. The van der Waals surface area contributed by atoms with Gasteiger partial charge < -0.3 is 0 Å². The lowest BCUT2D eigenvalue weighted by Crippen LogP contribution is -2.12. The highest BCUT2D eigenvalue weighted by atomic mass is 35.6. The summed E-state index contributed by atoms with van der Waals surface area (Å²) in [5.41, 5.74) is 0. The first-order valence-corrected chi connectivity index (χ1v) is 6.27. The second kappa shape index (κ2) is 5.86. The molecule has 0 rings (SSSR count). The van der Waals surface area contributed by atoms with E-state index in [0.29, 0.717) is 0 Å². The van der Waals surface area contributed by atoms with Crippen LogP contribution in [0.15, 0.2) is 0 Å². The molecular formula is C6H15AlCl2. The van der Waals surface area contributed by atoms with Gasteiger partial charge >= 0.3 is 13.2 Å². The maximum atomic E-state index is 6.09. The third kappa shape index (κ3) is 5.55. The highest BCUT2D eigenvalue weighted by Crippen LogP contribution is 2.22. The van der Waals surface area contributed by atoms with Crippen molar-refractivity contribution in [3.05, 3.63) is 0 Å². The Bertz CT molecular complexity index is 56.1. The van der Waals surface area contributed by atoms with Gasteiger partial charge in [-0.25, -0.2) is 0 Å². The minimum absolute atomic E-state index is 0. The molecule has 0 radical (unpaired) electrons. The van der Waals surface area contributed by atoms with Gasteiger partial charge in [-0.3, -0.25) is 10.0 Å². The van der Waals surface area contributed by atoms with Crippen LogP contribution in [0.2, 0.25) is 9.56 Å². The summed E-state index contributed by atoms with van der Waals surface area (Å²) in [6.45, 7) is 8.85. The Morgan fingerprint density at radius 1 is 1.00 bits per heavy atom. The fraction of sp³-hybridized carbons (Fsp3) is 1.00. The van der Waals surface area contributed by atoms with Crippen LogP contribution in [-0.4, -0.2) is 13.2 Å². The van der Waals surface area contributed by atoms with Crippen molar-refractivity contribution in [1.82, 2.24) is 0 Å². The molecule has 0 saturated carbocycles. The minimum atomic E-state index is -0.877. The molecule has 9 heavy (non-hydrogen) atoms. The maximum Gasteiger partial charge on any atom is 0.404 e. The van der Waals surface area contributed by atoms with Gasteiger partial charge in [0.1, 0.15) is 0 Å². The molecule has 0 atom stereocenters. The average Bonchev–Trinajstić information content (AvgIpc) is 1.64. The van der Waals surface area contributed by atoms with E-state index in [1.54, 1.807) is 0 Å². The summed E-state index contributed by atoms with van der Waals surface area (Å²) in [6.07, 6.45) is 0. The van der Waals surface area contributed by atoms with Crippen molar-refractivity contribution in [2.45, 2.75) is 37.3 Å². The molecule has 0 fully saturated rings. The van der Waals surface area contributed by atoms with Crippen molar-refractivity contribution in [3.63, 3.8) is 0 Å². The molecular weight excluding hydrogens is 170 g/mol. The molecule has 0 amide bonds. The van der Waals surface area contributed by atoms with Gasteiger partial charge in [-0.2, -0.15) is 0 Å². The molecule has 0 aliphatic carbocycles. The first kappa shape index (κ1) is 12.8. The van der Waals surface area contributed by atoms with Gasteiger partial charge in [-0.05, 0) is 0 Å². The van der Waals surface area contributed by atoms with E-state index in [4.69, 9.17) is 10.0 Å². The lowest BCUT2D eigenvalue weighted by Gasteiger charge is -2.09. The van der Waals surface area contributed by atoms with Crippen LogP contribution in [0.5, 0.6) is 0 Å². The summed E-state index contributed by atoms with van der Waals surface area (Å²) >= 11 is -0.877. The van der Waals surface area contributed by atoms with E-state index < -0.39 is 13.2 Å². The summed E-state index contributed by atoms with van der Waals surface area (Å²) in [5.74, 6) is 0. The second-order valence-electron chi connectivity index (χ2n) is 2.93. The molecule has 0 heterocycles. The topological polar surface area (TPSA) is 0 Å². The van der Waals surface area contributed by atoms with Crippen LogP contribution in [0.1, 0.15) is 27.7 Å². The van der Waals surface area contributed by atoms with Gasteiger partial charge in [-0.1, -0.05) is 37.3 Å². The summed E-state index contributed by atoms with van der Waals surface area (Å²) in [7, 11) is 6.09. The molecule has 0 saturated heterocycles. The van der Waals surface area contributed by atoms with Crippen LogP contribution in [0.4, 0.5) is 0 Å². The first-order chi connectivity index (χ1) is 3.55. The van der Waals surface area contributed by atoms with Crippen molar-refractivity contribution >= 4 is 35.7 Å². The Balaban J connectivity index is 0. The van der Waals surface area contributed by atoms with Gasteiger partial charge in [0.25, 0.3) is 0 Å². The Labute approximate surface area is 73.0 Å². The Morgan fingerprint density at radius 2 is 1.22 bits per heavy atom. The van der Waals surface area contributed by atoms with Gasteiger partial charge in [0.15, 0.2) is 0 Å². The molecule has 0 aliphatic heterocycles. The van der Waals surface area contributed by atoms with Gasteiger partial charge in [0.2, 0.25) is 0 Å². The van der Waals surface area contributed by atoms with Crippen molar-refractivity contribution in [3.8, 4) is 0 Å². The summed E-state index contributed by atoms with van der Waals surface area (Å²) in [6, 6.07) is 0. The molecule has 0 aliphatic rings. The smallest absolute Gasteiger partial charge is 0.260 e. The quantitative estimate of drug-likeness (QED) is 0.578. The number of hydrogen-bond donors (Lipinski definition) is 0. The van der Waals surface area contributed by atoms with Gasteiger partial charge in [0.05, 0.1) is 0 Å². The van der Waals surface area contributed by atoms with E-state index in [0.717, 1.165) is 9.56 Å².